The van der Waals surface area contributed by atoms with Gasteiger partial charge in [-0.3, -0.25) is 0 Å². The lowest BCUT2D eigenvalue weighted by Crippen LogP contribution is -2.17. The first kappa shape index (κ1) is 4.43. The third-order valence-electron chi connectivity index (χ3n) is 0.999. The Bertz CT molecular complexity index is 99.9. The molecule has 0 fully saturated rings. The van der Waals surface area contributed by atoms with Crippen molar-refractivity contribution >= 4 is 5.84 Å². The minimum absolute atomic E-state index is 0.319. The van der Waals surface area contributed by atoms with Crippen molar-refractivity contribution in [2.75, 3.05) is 6.61 Å². The highest BCUT2D eigenvalue weighted by Gasteiger charge is 2.13. The first-order valence-corrected chi connectivity index (χ1v) is 2.26. The number of nitrogens with two attached hydrogens (primary N) is 1. The molecule has 3 heteroatoms. The molecule has 0 spiro atoms. The molecule has 0 aromatic rings. The smallest absolute Gasteiger partial charge is 0.145 e. The van der Waals surface area contributed by atoms with Crippen LogP contribution in [-0.2, 0) is 4.84 Å². The van der Waals surface area contributed by atoms with Gasteiger partial charge in [0.05, 0.1) is 5.92 Å². The number of nitrogens with zero attached hydrogens (tertiary/aromatic N) is 1. The lowest BCUT2D eigenvalue weighted by atomic mass is 10.2. The summed E-state index contributed by atoms with van der Waals surface area (Å²) in [5.41, 5.74) is 5.30. The molecule has 1 rings (SSSR count). The molecule has 0 saturated heterocycles. The minimum atomic E-state index is 0.319. The van der Waals surface area contributed by atoms with Crippen LogP contribution in [-0.4, -0.2) is 12.4 Å². The van der Waals surface area contributed by atoms with E-state index >= 15 is 0 Å². The van der Waals surface area contributed by atoms with Crippen LogP contribution in [0.4, 0.5) is 0 Å². The summed E-state index contributed by atoms with van der Waals surface area (Å²) in [4.78, 5) is 4.63. The van der Waals surface area contributed by atoms with E-state index in [0.29, 0.717) is 18.4 Å². The van der Waals surface area contributed by atoms with Crippen LogP contribution in [0.15, 0.2) is 5.16 Å². The van der Waals surface area contributed by atoms with Crippen LogP contribution in [0.5, 0.6) is 0 Å². The zero-order valence-electron chi connectivity index (χ0n) is 4.22. The molecule has 1 atom stereocenters. The predicted molar refractivity (Wildman–Crippen MR) is 26.7 cm³/mol. The Hall–Kier alpha value is -0.730. The van der Waals surface area contributed by atoms with Gasteiger partial charge in [-0.25, -0.2) is 0 Å². The topological polar surface area (TPSA) is 47.6 Å². The minimum Gasteiger partial charge on any atom is -0.394 e. The molecule has 3 nitrogen and oxygen atoms in total. The molecule has 40 valence electrons. The van der Waals surface area contributed by atoms with E-state index in [-0.39, 0.29) is 0 Å². The standard InChI is InChI=1S/C4H8N2O/c1-3-2-7-6-4(3)5/h3H,2H2,1H3,(H2,5,6). The average molecular weight is 100 g/mol. The van der Waals surface area contributed by atoms with Gasteiger partial charge in [-0.2, -0.15) is 0 Å². The van der Waals surface area contributed by atoms with Gasteiger partial charge in [0.1, 0.15) is 12.4 Å². The summed E-state index contributed by atoms with van der Waals surface area (Å²) in [6.07, 6.45) is 0. The fourth-order valence-electron chi connectivity index (χ4n) is 0.399. The van der Waals surface area contributed by atoms with E-state index in [1.165, 1.54) is 0 Å². The maximum absolute atomic E-state index is 5.30. The quantitative estimate of drug-likeness (QED) is 0.463. The third kappa shape index (κ3) is 0.656. The molecule has 1 heterocycles. The zero-order chi connectivity index (χ0) is 5.28. The van der Waals surface area contributed by atoms with Gasteiger partial charge >= 0.3 is 0 Å². The molecule has 0 aromatic heterocycles. The van der Waals surface area contributed by atoms with Crippen molar-refractivity contribution < 1.29 is 4.84 Å². The molecule has 2 N–H and O–H groups in total. The van der Waals surface area contributed by atoms with Gasteiger partial charge in [0, 0.05) is 0 Å². The van der Waals surface area contributed by atoms with Gasteiger partial charge in [-0.05, 0) is 0 Å². The van der Waals surface area contributed by atoms with Gasteiger partial charge in [-0.1, -0.05) is 12.1 Å². The summed E-state index contributed by atoms with van der Waals surface area (Å²) >= 11 is 0. The van der Waals surface area contributed by atoms with E-state index in [1.807, 2.05) is 6.92 Å². The van der Waals surface area contributed by atoms with Crippen LogP contribution >= 0.6 is 0 Å². The molecule has 1 aliphatic heterocycles. The number of oxime groups is 1. The van der Waals surface area contributed by atoms with Gasteiger partial charge in [0.25, 0.3) is 0 Å². The summed E-state index contributed by atoms with van der Waals surface area (Å²) < 4.78 is 0. The second-order valence-corrected chi connectivity index (χ2v) is 1.71. The molecule has 0 saturated carbocycles. The molecule has 1 unspecified atom stereocenters. The number of hydrogen-bond donors (Lipinski definition) is 1. The Morgan fingerprint density at radius 1 is 2.00 bits per heavy atom. The SMILES string of the molecule is CC1CON=C1N. The third-order valence-corrected chi connectivity index (χ3v) is 0.999. The summed E-state index contributed by atoms with van der Waals surface area (Å²) in [5.74, 6) is 0.931. The van der Waals surface area contributed by atoms with Gasteiger partial charge in [-0.15, -0.1) is 0 Å². The highest BCUT2D eigenvalue weighted by atomic mass is 16.6. The number of rotatable bonds is 0. The number of hydrogen-bond acceptors (Lipinski definition) is 3. The molecular formula is C4H8N2O. The Kier molecular flexibility index (Phi) is 0.889. The van der Waals surface area contributed by atoms with Crippen LogP contribution in [0.3, 0.4) is 0 Å². The van der Waals surface area contributed by atoms with E-state index in [0.717, 1.165) is 0 Å². The van der Waals surface area contributed by atoms with Crippen molar-refractivity contribution in [3.8, 4) is 0 Å². The second kappa shape index (κ2) is 1.40. The Morgan fingerprint density at radius 3 is 2.86 bits per heavy atom. The fourth-order valence-corrected chi connectivity index (χ4v) is 0.399. The van der Waals surface area contributed by atoms with E-state index in [1.54, 1.807) is 0 Å². The lowest BCUT2D eigenvalue weighted by Gasteiger charge is -1.91. The summed E-state index contributed by atoms with van der Waals surface area (Å²) in [6, 6.07) is 0. The van der Waals surface area contributed by atoms with Gasteiger partial charge < -0.3 is 10.6 Å². The van der Waals surface area contributed by atoms with Crippen molar-refractivity contribution in [2.24, 2.45) is 16.8 Å². The average Bonchev–Trinajstić information content (AvgIpc) is 1.91. The molecule has 7 heavy (non-hydrogen) atoms. The highest BCUT2D eigenvalue weighted by molar-refractivity contribution is 5.82. The highest BCUT2D eigenvalue weighted by Crippen LogP contribution is 2.03. The first-order chi connectivity index (χ1) is 3.30. The summed E-state index contributed by atoms with van der Waals surface area (Å²) in [5, 5.41) is 3.51. The fraction of sp³-hybridized carbons (Fsp3) is 0.750. The second-order valence-electron chi connectivity index (χ2n) is 1.71. The van der Waals surface area contributed by atoms with Crippen molar-refractivity contribution in [1.82, 2.24) is 0 Å². The monoisotopic (exact) mass is 100 g/mol. The predicted octanol–water partition coefficient (Wildman–Crippen LogP) is -0.0751. The van der Waals surface area contributed by atoms with E-state index < -0.39 is 0 Å². The molecule has 0 bridgehead atoms. The Labute approximate surface area is 42.1 Å². The van der Waals surface area contributed by atoms with Crippen LogP contribution in [0.25, 0.3) is 0 Å². The van der Waals surface area contributed by atoms with E-state index in [2.05, 4.69) is 9.99 Å². The molecule has 0 amide bonds. The summed E-state index contributed by atoms with van der Waals surface area (Å²) in [6.45, 7) is 2.62. The molecular weight excluding hydrogens is 92.1 g/mol. The Morgan fingerprint density at radius 2 is 2.71 bits per heavy atom. The van der Waals surface area contributed by atoms with Crippen molar-refractivity contribution in [3.05, 3.63) is 0 Å². The van der Waals surface area contributed by atoms with E-state index in [9.17, 15) is 0 Å². The molecule has 0 aromatic carbocycles. The van der Waals surface area contributed by atoms with Crippen LogP contribution in [0.2, 0.25) is 0 Å². The van der Waals surface area contributed by atoms with Gasteiger partial charge in [0.2, 0.25) is 0 Å². The van der Waals surface area contributed by atoms with Crippen molar-refractivity contribution in [1.29, 1.82) is 0 Å². The van der Waals surface area contributed by atoms with Crippen LogP contribution < -0.4 is 5.73 Å². The Balaban J connectivity index is 2.54. The zero-order valence-corrected chi connectivity index (χ0v) is 4.22. The largest absolute Gasteiger partial charge is 0.394 e. The lowest BCUT2D eigenvalue weighted by molar-refractivity contribution is 0.158. The van der Waals surface area contributed by atoms with Crippen molar-refractivity contribution in [3.63, 3.8) is 0 Å². The normalized spacial score (nSPS) is 29.3. The maximum Gasteiger partial charge on any atom is 0.145 e. The van der Waals surface area contributed by atoms with Crippen LogP contribution in [0.1, 0.15) is 6.92 Å². The maximum atomic E-state index is 5.30. The molecule has 0 aliphatic carbocycles. The number of amidine groups is 1. The van der Waals surface area contributed by atoms with Crippen LogP contribution in [0, 0.1) is 5.92 Å². The summed E-state index contributed by atoms with van der Waals surface area (Å²) in [7, 11) is 0. The van der Waals surface area contributed by atoms with E-state index in [4.69, 9.17) is 5.73 Å². The molecule has 0 radical (unpaired) electrons. The van der Waals surface area contributed by atoms with Crippen molar-refractivity contribution in [2.45, 2.75) is 6.92 Å². The first-order valence-electron chi connectivity index (χ1n) is 2.26. The molecule has 1 aliphatic rings. The van der Waals surface area contributed by atoms with Gasteiger partial charge in [0.15, 0.2) is 0 Å².